The van der Waals surface area contributed by atoms with Crippen molar-refractivity contribution < 1.29 is 29.0 Å². The standard InChI is InChI=1S/C35H43N3O6/c1-7-18-36(5)31(40)28-29-32(41)38(26(22-39)20-24-12-10-9-11-13-24)30(35(29)21-23(3)34(28,4)44-35)33(42)37(19-8-2)25-14-16-27(43-6)17-15-25/h7-17,23,26,28-30,39H,1-2,18-22H2,3-6H3/t23?,26-,28+,29+,30?,34-,35?/m1/s1. The predicted molar refractivity (Wildman–Crippen MR) is 168 cm³/mol. The van der Waals surface area contributed by atoms with Gasteiger partial charge in [-0.25, -0.2) is 0 Å². The lowest BCUT2D eigenvalue weighted by molar-refractivity contribution is -0.153. The van der Waals surface area contributed by atoms with E-state index < -0.39 is 35.1 Å². The Balaban J connectivity index is 1.65. The zero-order valence-corrected chi connectivity index (χ0v) is 26.0. The molecule has 0 aliphatic carbocycles. The molecule has 3 amide bonds. The molecule has 3 saturated heterocycles. The van der Waals surface area contributed by atoms with Gasteiger partial charge in [-0.1, -0.05) is 49.4 Å². The van der Waals surface area contributed by atoms with Crippen molar-refractivity contribution in [2.45, 2.75) is 50.0 Å². The van der Waals surface area contributed by atoms with Gasteiger partial charge in [0.15, 0.2) is 0 Å². The molecule has 1 spiro atoms. The highest BCUT2D eigenvalue weighted by molar-refractivity contribution is 6.05. The quantitative estimate of drug-likeness (QED) is 0.374. The Morgan fingerprint density at radius 1 is 1.11 bits per heavy atom. The summed E-state index contributed by atoms with van der Waals surface area (Å²) in [5.41, 5.74) is -0.679. The second-order valence-corrected chi connectivity index (χ2v) is 12.4. The monoisotopic (exact) mass is 601 g/mol. The number of carbonyl (C=O) groups is 3. The van der Waals surface area contributed by atoms with Crippen LogP contribution in [0.25, 0.3) is 0 Å². The Bertz CT molecular complexity index is 1410. The largest absolute Gasteiger partial charge is 0.497 e. The van der Waals surface area contributed by atoms with E-state index >= 15 is 0 Å². The fourth-order valence-corrected chi connectivity index (χ4v) is 7.74. The Labute approximate surface area is 259 Å². The van der Waals surface area contributed by atoms with Gasteiger partial charge in [0.05, 0.1) is 37.2 Å². The summed E-state index contributed by atoms with van der Waals surface area (Å²) in [5, 5.41) is 10.8. The van der Waals surface area contributed by atoms with Crippen molar-refractivity contribution in [3.8, 4) is 5.75 Å². The van der Waals surface area contributed by atoms with E-state index in [0.717, 1.165) is 5.56 Å². The molecular formula is C35H43N3O6. The zero-order chi connectivity index (χ0) is 31.8. The Morgan fingerprint density at radius 3 is 2.36 bits per heavy atom. The molecule has 2 bridgehead atoms. The van der Waals surface area contributed by atoms with E-state index in [-0.39, 0.29) is 36.8 Å². The number of carbonyl (C=O) groups excluding carboxylic acids is 3. The predicted octanol–water partition coefficient (Wildman–Crippen LogP) is 3.47. The number of anilines is 1. The number of ether oxygens (including phenoxy) is 2. The van der Waals surface area contributed by atoms with E-state index in [1.54, 1.807) is 60.4 Å². The fraction of sp³-hybridized carbons (Fsp3) is 0.457. The second-order valence-electron chi connectivity index (χ2n) is 12.4. The number of aliphatic hydroxyl groups is 1. The first-order chi connectivity index (χ1) is 21.1. The maximum atomic E-state index is 15.0. The third kappa shape index (κ3) is 4.92. The van der Waals surface area contributed by atoms with Crippen LogP contribution in [0.4, 0.5) is 5.69 Å². The van der Waals surface area contributed by atoms with Gasteiger partial charge in [0.2, 0.25) is 11.8 Å². The van der Waals surface area contributed by atoms with Crippen LogP contribution >= 0.6 is 0 Å². The van der Waals surface area contributed by atoms with Crippen molar-refractivity contribution in [3.05, 3.63) is 85.5 Å². The van der Waals surface area contributed by atoms with Gasteiger partial charge in [-0.05, 0) is 55.5 Å². The molecule has 2 aromatic rings. The lowest BCUT2D eigenvalue weighted by Crippen LogP contribution is -2.59. The Morgan fingerprint density at radius 2 is 1.77 bits per heavy atom. The van der Waals surface area contributed by atoms with Crippen molar-refractivity contribution >= 4 is 23.4 Å². The van der Waals surface area contributed by atoms with Crippen molar-refractivity contribution in [2.75, 3.05) is 38.8 Å². The van der Waals surface area contributed by atoms with E-state index in [9.17, 15) is 19.5 Å². The molecule has 44 heavy (non-hydrogen) atoms. The van der Waals surface area contributed by atoms with E-state index in [1.165, 1.54) is 4.90 Å². The summed E-state index contributed by atoms with van der Waals surface area (Å²) >= 11 is 0. The first-order valence-corrected chi connectivity index (χ1v) is 15.2. The normalized spacial score (nSPS) is 29.2. The summed E-state index contributed by atoms with van der Waals surface area (Å²) < 4.78 is 12.2. The molecule has 0 saturated carbocycles. The number of likely N-dealkylation sites (tertiary alicyclic amines) is 1. The summed E-state index contributed by atoms with van der Waals surface area (Å²) in [7, 11) is 3.27. The lowest BCUT2D eigenvalue weighted by atomic mass is 9.62. The number of likely N-dealkylation sites (N-methyl/N-ethyl adjacent to an activating group) is 1. The smallest absolute Gasteiger partial charge is 0.253 e. The molecule has 3 aliphatic heterocycles. The van der Waals surface area contributed by atoms with Crippen molar-refractivity contribution in [1.29, 1.82) is 0 Å². The third-order valence-corrected chi connectivity index (χ3v) is 9.91. The van der Waals surface area contributed by atoms with Crippen LogP contribution in [0.5, 0.6) is 5.75 Å². The van der Waals surface area contributed by atoms with Crippen LogP contribution < -0.4 is 9.64 Å². The lowest BCUT2D eigenvalue weighted by Gasteiger charge is -2.39. The molecular weight excluding hydrogens is 558 g/mol. The topological polar surface area (TPSA) is 99.6 Å². The molecule has 3 fully saturated rings. The van der Waals surface area contributed by atoms with Crippen molar-refractivity contribution in [1.82, 2.24) is 9.80 Å². The number of hydrogen-bond donors (Lipinski definition) is 1. The van der Waals surface area contributed by atoms with Gasteiger partial charge in [0, 0.05) is 25.8 Å². The molecule has 2 aromatic carbocycles. The second kappa shape index (κ2) is 12.2. The van der Waals surface area contributed by atoms with Crippen LogP contribution in [0, 0.1) is 17.8 Å². The van der Waals surface area contributed by atoms with Crippen LogP contribution in [0.15, 0.2) is 79.9 Å². The van der Waals surface area contributed by atoms with Gasteiger partial charge >= 0.3 is 0 Å². The molecule has 3 aliphatic rings. The maximum absolute atomic E-state index is 15.0. The minimum atomic E-state index is -1.26. The molecule has 7 atom stereocenters. The Hall–Kier alpha value is -3.95. The number of aliphatic hydroxyl groups excluding tert-OH is 1. The van der Waals surface area contributed by atoms with Gasteiger partial charge in [0.1, 0.15) is 17.4 Å². The number of nitrogens with zero attached hydrogens (tertiary/aromatic N) is 3. The maximum Gasteiger partial charge on any atom is 0.253 e. The highest BCUT2D eigenvalue weighted by atomic mass is 16.5. The van der Waals surface area contributed by atoms with Gasteiger partial charge in [0.25, 0.3) is 5.91 Å². The number of fused-ring (bicyclic) bond motifs is 1. The summed E-state index contributed by atoms with van der Waals surface area (Å²) in [6.07, 6.45) is 4.04. The highest BCUT2D eigenvalue weighted by Gasteiger charge is 2.80. The van der Waals surface area contributed by atoms with Crippen LogP contribution in [-0.2, 0) is 25.5 Å². The van der Waals surface area contributed by atoms with Crippen LogP contribution in [-0.4, -0.2) is 89.8 Å². The first-order valence-electron chi connectivity index (χ1n) is 15.2. The summed E-state index contributed by atoms with van der Waals surface area (Å²) in [6.45, 7) is 11.7. The average molecular weight is 602 g/mol. The summed E-state index contributed by atoms with van der Waals surface area (Å²) in [5.74, 6) is -2.05. The van der Waals surface area contributed by atoms with Gasteiger partial charge in [-0.3, -0.25) is 14.4 Å². The van der Waals surface area contributed by atoms with Crippen LogP contribution in [0.1, 0.15) is 25.8 Å². The SMILES string of the molecule is C=CCN(C)C(=O)[C@@H]1[C@H]2C(=O)N([C@@H](CO)Cc3ccccc3)C(C(=O)N(CC=C)c3ccc(OC)cc3)C23CC(C)[C@@]1(C)O3. The summed E-state index contributed by atoms with van der Waals surface area (Å²) in [6, 6.07) is 14.9. The number of methoxy groups -OCH3 is 1. The number of hydrogen-bond acceptors (Lipinski definition) is 6. The van der Waals surface area contributed by atoms with E-state index in [1.807, 2.05) is 44.2 Å². The molecule has 0 radical (unpaired) electrons. The van der Waals surface area contributed by atoms with E-state index in [2.05, 4.69) is 13.2 Å². The molecule has 9 heteroatoms. The van der Waals surface area contributed by atoms with Crippen molar-refractivity contribution in [2.24, 2.45) is 17.8 Å². The molecule has 234 valence electrons. The number of amides is 3. The first kappa shape index (κ1) is 31.5. The van der Waals surface area contributed by atoms with Crippen molar-refractivity contribution in [3.63, 3.8) is 0 Å². The minimum Gasteiger partial charge on any atom is -0.497 e. The molecule has 1 N–H and O–H groups in total. The average Bonchev–Trinajstić information content (AvgIpc) is 3.55. The van der Waals surface area contributed by atoms with E-state index in [0.29, 0.717) is 30.8 Å². The van der Waals surface area contributed by atoms with Crippen LogP contribution in [0.2, 0.25) is 0 Å². The minimum absolute atomic E-state index is 0.108. The fourth-order valence-electron chi connectivity index (χ4n) is 7.74. The van der Waals surface area contributed by atoms with E-state index in [4.69, 9.17) is 9.47 Å². The van der Waals surface area contributed by atoms with Gasteiger partial charge in [-0.2, -0.15) is 0 Å². The molecule has 0 aromatic heterocycles. The number of rotatable bonds is 12. The molecule has 3 heterocycles. The van der Waals surface area contributed by atoms with Crippen LogP contribution in [0.3, 0.4) is 0 Å². The summed E-state index contributed by atoms with van der Waals surface area (Å²) in [4.78, 5) is 48.4. The van der Waals surface area contributed by atoms with Gasteiger partial charge in [-0.15, -0.1) is 13.2 Å². The van der Waals surface area contributed by atoms with Gasteiger partial charge < -0.3 is 29.3 Å². The molecule has 9 nitrogen and oxygen atoms in total. The third-order valence-electron chi connectivity index (χ3n) is 9.91. The number of benzene rings is 2. The molecule has 5 rings (SSSR count). The Kier molecular flexibility index (Phi) is 8.73. The zero-order valence-electron chi connectivity index (χ0n) is 26.0. The molecule has 3 unspecified atom stereocenters. The highest BCUT2D eigenvalue weighted by Crippen LogP contribution is 2.66.